The van der Waals surface area contributed by atoms with Gasteiger partial charge in [0.25, 0.3) is 5.91 Å². The van der Waals surface area contributed by atoms with Crippen LogP contribution in [0.5, 0.6) is 0 Å². The second-order valence-corrected chi connectivity index (χ2v) is 6.10. The van der Waals surface area contributed by atoms with Crippen LogP contribution in [-0.4, -0.2) is 11.7 Å². The van der Waals surface area contributed by atoms with Gasteiger partial charge >= 0.3 is 0 Å². The highest BCUT2D eigenvalue weighted by Gasteiger charge is 2.30. The van der Waals surface area contributed by atoms with E-state index in [9.17, 15) is 14.9 Å². The highest BCUT2D eigenvalue weighted by atomic mass is 35.5. The van der Waals surface area contributed by atoms with Crippen LogP contribution in [0.4, 0.5) is 5.69 Å². The molecule has 0 spiro atoms. The number of nitrogens with zero attached hydrogens (tertiary/aromatic N) is 1. The van der Waals surface area contributed by atoms with Crippen molar-refractivity contribution < 1.29 is 9.59 Å². The molecule has 0 aliphatic heterocycles. The van der Waals surface area contributed by atoms with Crippen LogP contribution in [0.15, 0.2) is 36.4 Å². The number of nitriles is 1. The molecule has 122 valence electrons. The van der Waals surface area contributed by atoms with Crippen molar-refractivity contribution in [1.29, 1.82) is 5.26 Å². The Morgan fingerprint density at radius 3 is 2.04 bits per heavy atom. The quantitative estimate of drug-likeness (QED) is 0.820. The molecule has 6 heteroatoms. The maximum absolute atomic E-state index is 12.5. The standard InChI is InChI=1S/C18H14Cl2N2O2/c1-10-5-3-6-11(2)16(10)22-18(24)17(23)12(9-21)15-13(19)7-4-8-14(15)20/h3-8,12H,1-2H3,(H,22,24)/t12-/m1/s1. The predicted octanol–water partition coefficient (Wildman–Crippen LogP) is 4.43. The maximum atomic E-state index is 12.5. The molecule has 1 N–H and O–H groups in total. The summed E-state index contributed by atoms with van der Waals surface area (Å²) in [5.74, 6) is -3.15. The fraction of sp³-hybridized carbons (Fsp3) is 0.167. The zero-order valence-corrected chi connectivity index (χ0v) is 14.6. The van der Waals surface area contributed by atoms with Gasteiger partial charge in [0.15, 0.2) is 0 Å². The van der Waals surface area contributed by atoms with Gasteiger partial charge in [0, 0.05) is 21.3 Å². The van der Waals surface area contributed by atoms with E-state index in [0.717, 1.165) is 11.1 Å². The van der Waals surface area contributed by atoms with Crippen LogP contribution in [-0.2, 0) is 9.59 Å². The second-order valence-electron chi connectivity index (χ2n) is 5.28. The van der Waals surface area contributed by atoms with Gasteiger partial charge in [0.1, 0.15) is 5.92 Å². The molecule has 2 aromatic carbocycles. The zero-order valence-electron chi connectivity index (χ0n) is 13.1. The van der Waals surface area contributed by atoms with Crippen molar-refractivity contribution in [2.75, 3.05) is 5.32 Å². The van der Waals surface area contributed by atoms with Gasteiger partial charge in [-0.1, -0.05) is 47.5 Å². The Labute approximate surface area is 150 Å². The Balaban J connectivity index is 2.33. The number of carbonyl (C=O) groups is 2. The van der Waals surface area contributed by atoms with Gasteiger partial charge in [-0.15, -0.1) is 0 Å². The Bertz CT molecular complexity index is 816. The number of halogens is 2. The lowest BCUT2D eigenvalue weighted by Crippen LogP contribution is -2.28. The molecule has 0 unspecified atom stereocenters. The van der Waals surface area contributed by atoms with Crippen LogP contribution >= 0.6 is 23.2 Å². The minimum Gasteiger partial charge on any atom is -0.319 e. The molecule has 1 atom stereocenters. The average Bonchev–Trinajstić information content (AvgIpc) is 2.54. The van der Waals surface area contributed by atoms with Crippen LogP contribution < -0.4 is 5.32 Å². The Hall–Kier alpha value is -2.35. The van der Waals surface area contributed by atoms with Crippen molar-refractivity contribution in [2.24, 2.45) is 0 Å². The molecule has 0 saturated carbocycles. The van der Waals surface area contributed by atoms with Gasteiger partial charge in [-0.25, -0.2) is 0 Å². The number of aryl methyl sites for hydroxylation is 2. The summed E-state index contributed by atoms with van der Waals surface area (Å²) in [6.07, 6.45) is 0. The first-order valence-electron chi connectivity index (χ1n) is 7.11. The van der Waals surface area contributed by atoms with E-state index in [2.05, 4.69) is 5.32 Å². The highest BCUT2D eigenvalue weighted by molar-refractivity contribution is 6.44. The van der Waals surface area contributed by atoms with Gasteiger partial charge in [0.2, 0.25) is 5.78 Å². The summed E-state index contributed by atoms with van der Waals surface area (Å²) >= 11 is 12.1. The zero-order chi connectivity index (χ0) is 17.9. The molecular formula is C18H14Cl2N2O2. The number of rotatable bonds is 4. The van der Waals surface area contributed by atoms with Crippen LogP contribution in [0.2, 0.25) is 10.0 Å². The SMILES string of the molecule is Cc1cccc(C)c1NC(=O)C(=O)[C@H](C#N)c1c(Cl)cccc1Cl. The molecule has 0 bridgehead atoms. The number of hydrogen-bond acceptors (Lipinski definition) is 3. The third kappa shape index (κ3) is 3.59. The molecule has 1 amide bonds. The number of nitrogens with one attached hydrogen (secondary N) is 1. The number of hydrogen-bond donors (Lipinski definition) is 1. The first-order valence-corrected chi connectivity index (χ1v) is 7.87. The molecule has 24 heavy (non-hydrogen) atoms. The Morgan fingerprint density at radius 2 is 1.54 bits per heavy atom. The highest BCUT2D eigenvalue weighted by Crippen LogP contribution is 2.32. The monoisotopic (exact) mass is 360 g/mol. The summed E-state index contributed by atoms with van der Waals surface area (Å²) in [6, 6.07) is 11.9. The fourth-order valence-electron chi connectivity index (χ4n) is 2.36. The molecule has 0 aliphatic rings. The van der Waals surface area contributed by atoms with Gasteiger partial charge in [-0.2, -0.15) is 5.26 Å². The predicted molar refractivity (Wildman–Crippen MR) is 94.4 cm³/mol. The number of benzene rings is 2. The lowest BCUT2D eigenvalue weighted by Gasteiger charge is -2.14. The van der Waals surface area contributed by atoms with Crippen LogP contribution in [0.1, 0.15) is 22.6 Å². The minimum atomic E-state index is -1.37. The van der Waals surface area contributed by atoms with Gasteiger partial charge in [0.05, 0.1) is 6.07 Å². The summed E-state index contributed by atoms with van der Waals surface area (Å²) in [5.41, 5.74) is 2.34. The normalized spacial score (nSPS) is 11.5. The second kappa shape index (κ2) is 7.48. The lowest BCUT2D eigenvalue weighted by atomic mass is 9.95. The first kappa shape index (κ1) is 18.0. The van der Waals surface area contributed by atoms with E-state index in [1.165, 1.54) is 12.1 Å². The van der Waals surface area contributed by atoms with Crippen molar-refractivity contribution in [2.45, 2.75) is 19.8 Å². The largest absolute Gasteiger partial charge is 0.319 e. The minimum absolute atomic E-state index is 0.144. The summed E-state index contributed by atoms with van der Waals surface area (Å²) in [6.45, 7) is 3.64. The van der Waals surface area contributed by atoms with Crippen LogP contribution in [0.3, 0.4) is 0 Å². The van der Waals surface area contributed by atoms with E-state index in [1.54, 1.807) is 6.07 Å². The summed E-state index contributed by atoms with van der Waals surface area (Å²) < 4.78 is 0. The third-order valence-electron chi connectivity index (χ3n) is 3.62. The molecule has 2 aromatic rings. The maximum Gasteiger partial charge on any atom is 0.293 e. The van der Waals surface area contributed by atoms with Crippen molar-refractivity contribution in [3.63, 3.8) is 0 Å². The molecule has 0 saturated heterocycles. The number of para-hydroxylation sites is 1. The lowest BCUT2D eigenvalue weighted by molar-refractivity contribution is -0.135. The van der Waals surface area contributed by atoms with Crippen molar-refractivity contribution in [3.8, 4) is 6.07 Å². The summed E-state index contributed by atoms with van der Waals surface area (Å²) in [5, 5.41) is 12.3. The average molecular weight is 361 g/mol. The van der Waals surface area contributed by atoms with E-state index in [4.69, 9.17) is 23.2 Å². The fourth-order valence-corrected chi connectivity index (χ4v) is 2.97. The van der Waals surface area contributed by atoms with Crippen molar-refractivity contribution in [1.82, 2.24) is 0 Å². The summed E-state index contributed by atoms with van der Waals surface area (Å²) in [4.78, 5) is 24.8. The molecule has 0 aliphatic carbocycles. The number of amides is 1. The van der Waals surface area contributed by atoms with E-state index < -0.39 is 17.6 Å². The number of Topliss-reactive ketones (excluding diaryl/α,β-unsaturated/α-hetero) is 1. The van der Waals surface area contributed by atoms with E-state index >= 15 is 0 Å². The first-order chi connectivity index (χ1) is 11.4. The summed E-state index contributed by atoms with van der Waals surface area (Å²) in [7, 11) is 0. The van der Waals surface area contributed by atoms with Gasteiger partial charge < -0.3 is 5.32 Å². The van der Waals surface area contributed by atoms with Crippen LogP contribution in [0, 0.1) is 25.2 Å². The van der Waals surface area contributed by atoms with Gasteiger partial charge in [-0.05, 0) is 37.1 Å². The molecule has 0 radical (unpaired) electrons. The molecule has 4 nitrogen and oxygen atoms in total. The van der Waals surface area contributed by atoms with Crippen LogP contribution in [0.25, 0.3) is 0 Å². The molecule has 0 aromatic heterocycles. The Morgan fingerprint density at radius 1 is 1.04 bits per heavy atom. The van der Waals surface area contributed by atoms with Crippen molar-refractivity contribution in [3.05, 3.63) is 63.1 Å². The number of ketones is 1. The Kier molecular flexibility index (Phi) is 5.61. The molecule has 0 fully saturated rings. The van der Waals surface area contributed by atoms with Crippen molar-refractivity contribution >= 4 is 40.6 Å². The van der Waals surface area contributed by atoms with E-state index in [0.29, 0.717) is 5.69 Å². The smallest absolute Gasteiger partial charge is 0.293 e. The number of carbonyl (C=O) groups excluding carboxylic acids is 2. The third-order valence-corrected chi connectivity index (χ3v) is 4.28. The van der Waals surface area contributed by atoms with E-state index in [1.807, 2.05) is 38.1 Å². The molecule has 0 heterocycles. The molecular weight excluding hydrogens is 347 g/mol. The van der Waals surface area contributed by atoms with E-state index in [-0.39, 0.29) is 15.6 Å². The topological polar surface area (TPSA) is 70.0 Å². The molecule has 2 rings (SSSR count). The number of anilines is 1. The van der Waals surface area contributed by atoms with Gasteiger partial charge in [-0.3, -0.25) is 9.59 Å².